The van der Waals surface area contributed by atoms with Gasteiger partial charge in [-0.05, 0) is 18.1 Å². The molecule has 0 radical (unpaired) electrons. The summed E-state index contributed by atoms with van der Waals surface area (Å²) in [5, 5.41) is 0. The molecular formula is C14H14N2. The molecule has 0 spiro atoms. The molecule has 1 aromatic carbocycles. The van der Waals surface area contributed by atoms with E-state index in [9.17, 15) is 0 Å². The van der Waals surface area contributed by atoms with E-state index in [0.717, 1.165) is 18.7 Å². The van der Waals surface area contributed by atoms with Gasteiger partial charge in [-0.2, -0.15) is 0 Å². The Hall–Kier alpha value is -1.70. The van der Waals surface area contributed by atoms with Crippen LogP contribution in [0.1, 0.15) is 29.6 Å². The second kappa shape index (κ2) is 3.41. The highest BCUT2D eigenvalue weighted by Gasteiger charge is 2.20. The molecule has 2 heteroatoms. The first-order valence-electron chi connectivity index (χ1n) is 5.72. The molecule has 0 saturated heterocycles. The van der Waals surface area contributed by atoms with Crippen molar-refractivity contribution in [3.8, 4) is 11.1 Å². The van der Waals surface area contributed by atoms with Crippen LogP contribution in [-0.4, -0.2) is 9.97 Å². The molecule has 0 unspecified atom stereocenters. The van der Waals surface area contributed by atoms with Crippen molar-refractivity contribution in [1.29, 1.82) is 0 Å². The average molecular weight is 210 g/mol. The molecule has 0 fully saturated rings. The van der Waals surface area contributed by atoms with E-state index in [1.807, 2.05) is 6.20 Å². The zero-order chi connectivity index (χ0) is 11.1. The molecule has 2 aromatic rings. The number of benzene rings is 1. The highest BCUT2D eigenvalue weighted by molar-refractivity contribution is 5.74. The Labute approximate surface area is 95.4 Å². The van der Waals surface area contributed by atoms with Crippen LogP contribution in [-0.2, 0) is 12.8 Å². The summed E-state index contributed by atoms with van der Waals surface area (Å²) in [5.74, 6) is 0.947. The van der Waals surface area contributed by atoms with E-state index < -0.39 is 0 Å². The topological polar surface area (TPSA) is 25.8 Å². The minimum absolute atomic E-state index is 0.905. The van der Waals surface area contributed by atoms with Crippen molar-refractivity contribution in [1.82, 2.24) is 9.97 Å². The van der Waals surface area contributed by atoms with E-state index in [4.69, 9.17) is 0 Å². The maximum Gasteiger partial charge on any atom is 0.128 e. The van der Waals surface area contributed by atoms with Crippen molar-refractivity contribution < 1.29 is 0 Å². The fourth-order valence-electron chi connectivity index (χ4n) is 2.30. The van der Waals surface area contributed by atoms with Crippen molar-refractivity contribution >= 4 is 0 Å². The molecule has 0 bridgehead atoms. The van der Waals surface area contributed by atoms with E-state index in [-0.39, 0.29) is 0 Å². The fourth-order valence-corrected chi connectivity index (χ4v) is 2.30. The van der Waals surface area contributed by atoms with Gasteiger partial charge in [-0.25, -0.2) is 9.97 Å². The number of aromatic nitrogens is 2. The zero-order valence-corrected chi connectivity index (χ0v) is 9.62. The smallest absolute Gasteiger partial charge is 0.128 e. The second-order valence-electron chi connectivity index (χ2n) is 4.34. The van der Waals surface area contributed by atoms with Crippen LogP contribution in [0.2, 0.25) is 0 Å². The molecule has 1 heterocycles. The first-order valence-corrected chi connectivity index (χ1v) is 5.72. The first-order chi connectivity index (χ1) is 7.78. The van der Waals surface area contributed by atoms with Gasteiger partial charge in [0.1, 0.15) is 5.82 Å². The van der Waals surface area contributed by atoms with Gasteiger partial charge in [-0.1, -0.05) is 30.7 Å². The summed E-state index contributed by atoms with van der Waals surface area (Å²) in [4.78, 5) is 8.98. The normalized spacial score (nSPS) is 12.4. The van der Waals surface area contributed by atoms with Crippen molar-refractivity contribution in [2.24, 2.45) is 0 Å². The SMILES string of the molecule is CCc1ncc2c(n1)Cc1cc(C)ccc1-2. The van der Waals surface area contributed by atoms with Gasteiger partial charge in [0.15, 0.2) is 0 Å². The summed E-state index contributed by atoms with van der Waals surface area (Å²) >= 11 is 0. The monoisotopic (exact) mass is 210 g/mol. The van der Waals surface area contributed by atoms with Gasteiger partial charge >= 0.3 is 0 Å². The summed E-state index contributed by atoms with van der Waals surface area (Å²) in [5.41, 5.74) is 6.41. The molecule has 1 aliphatic rings. The van der Waals surface area contributed by atoms with Crippen molar-refractivity contribution in [2.45, 2.75) is 26.7 Å². The van der Waals surface area contributed by atoms with Crippen LogP contribution in [0.25, 0.3) is 11.1 Å². The van der Waals surface area contributed by atoms with Crippen LogP contribution in [0.15, 0.2) is 24.4 Å². The predicted octanol–water partition coefficient (Wildman–Crippen LogP) is 2.92. The van der Waals surface area contributed by atoms with Gasteiger partial charge in [0.25, 0.3) is 0 Å². The lowest BCUT2D eigenvalue weighted by Crippen LogP contribution is -1.96. The standard InChI is InChI=1S/C14H14N2/c1-3-14-15-8-12-11-5-4-9(2)6-10(11)7-13(12)16-14/h4-6,8H,3,7H2,1-2H3. The third-order valence-electron chi connectivity index (χ3n) is 3.14. The zero-order valence-electron chi connectivity index (χ0n) is 9.62. The van der Waals surface area contributed by atoms with Gasteiger partial charge in [-0.15, -0.1) is 0 Å². The van der Waals surface area contributed by atoms with Gasteiger partial charge in [-0.3, -0.25) is 0 Å². The summed E-state index contributed by atoms with van der Waals surface area (Å²) < 4.78 is 0. The Morgan fingerprint density at radius 3 is 2.94 bits per heavy atom. The molecule has 1 aliphatic carbocycles. The lowest BCUT2D eigenvalue weighted by molar-refractivity contribution is 0.911. The summed E-state index contributed by atoms with van der Waals surface area (Å²) in [6, 6.07) is 6.59. The first kappa shape index (κ1) is 9.52. The van der Waals surface area contributed by atoms with Crippen LogP contribution < -0.4 is 0 Å². The average Bonchev–Trinajstić information content (AvgIpc) is 2.64. The summed E-state index contributed by atoms with van der Waals surface area (Å²) in [6.07, 6.45) is 3.84. The molecule has 0 saturated carbocycles. The lowest BCUT2D eigenvalue weighted by atomic mass is 10.1. The van der Waals surface area contributed by atoms with Crippen molar-refractivity contribution in [3.63, 3.8) is 0 Å². The Morgan fingerprint density at radius 1 is 1.25 bits per heavy atom. The summed E-state index contributed by atoms with van der Waals surface area (Å²) in [6.45, 7) is 4.22. The Kier molecular flexibility index (Phi) is 2.03. The van der Waals surface area contributed by atoms with Gasteiger partial charge in [0, 0.05) is 24.6 Å². The maximum absolute atomic E-state index is 4.61. The number of fused-ring (bicyclic) bond motifs is 3. The fraction of sp³-hybridized carbons (Fsp3) is 0.286. The largest absolute Gasteiger partial charge is 0.241 e. The third-order valence-corrected chi connectivity index (χ3v) is 3.14. The Balaban J connectivity index is 2.16. The molecular weight excluding hydrogens is 196 g/mol. The predicted molar refractivity (Wildman–Crippen MR) is 64.4 cm³/mol. The number of rotatable bonds is 1. The molecule has 1 aromatic heterocycles. The van der Waals surface area contributed by atoms with Crippen LogP contribution in [0, 0.1) is 6.92 Å². The number of nitrogens with zero attached hydrogens (tertiary/aromatic N) is 2. The van der Waals surface area contributed by atoms with E-state index in [1.54, 1.807) is 0 Å². The van der Waals surface area contributed by atoms with Crippen molar-refractivity contribution in [3.05, 3.63) is 47.0 Å². The molecule has 16 heavy (non-hydrogen) atoms. The Morgan fingerprint density at radius 2 is 2.12 bits per heavy atom. The van der Waals surface area contributed by atoms with Crippen LogP contribution in [0.5, 0.6) is 0 Å². The molecule has 80 valence electrons. The van der Waals surface area contributed by atoms with Crippen molar-refractivity contribution in [2.75, 3.05) is 0 Å². The van der Waals surface area contributed by atoms with Gasteiger partial charge < -0.3 is 0 Å². The number of aryl methyl sites for hydroxylation is 2. The quantitative estimate of drug-likeness (QED) is 0.617. The number of hydrogen-bond donors (Lipinski definition) is 0. The van der Waals surface area contributed by atoms with E-state index in [0.29, 0.717) is 0 Å². The highest BCUT2D eigenvalue weighted by atomic mass is 14.9. The van der Waals surface area contributed by atoms with Crippen LogP contribution >= 0.6 is 0 Å². The maximum atomic E-state index is 4.61. The number of hydrogen-bond acceptors (Lipinski definition) is 2. The minimum Gasteiger partial charge on any atom is -0.241 e. The third kappa shape index (κ3) is 1.33. The summed E-state index contributed by atoms with van der Waals surface area (Å²) in [7, 11) is 0. The van der Waals surface area contributed by atoms with Gasteiger partial charge in [0.05, 0.1) is 5.69 Å². The molecule has 3 rings (SSSR count). The van der Waals surface area contributed by atoms with Crippen LogP contribution in [0.4, 0.5) is 0 Å². The molecule has 2 nitrogen and oxygen atoms in total. The van der Waals surface area contributed by atoms with Gasteiger partial charge in [0.2, 0.25) is 0 Å². The Bertz CT molecular complexity index is 559. The van der Waals surface area contributed by atoms with E-state index >= 15 is 0 Å². The van der Waals surface area contributed by atoms with E-state index in [2.05, 4.69) is 42.0 Å². The molecule has 0 atom stereocenters. The van der Waals surface area contributed by atoms with Crippen LogP contribution in [0.3, 0.4) is 0 Å². The molecule has 0 N–H and O–H groups in total. The van der Waals surface area contributed by atoms with E-state index in [1.165, 1.54) is 27.9 Å². The molecule has 0 amide bonds. The molecule has 0 aliphatic heterocycles. The minimum atomic E-state index is 0.905. The second-order valence-corrected chi connectivity index (χ2v) is 4.34. The highest BCUT2D eigenvalue weighted by Crippen LogP contribution is 2.35. The lowest BCUT2D eigenvalue weighted by Gasteiger charge is -2.01.